The van der Waals surface area contributed by atoms with Gasteiger partial charge in [-0.15, -0.1) is 0 Å². The highest BCUT2D eigenvalue weighted by Crippen LogP contribution is 2.24. The molecule has 0 aliphatic carbocycles. The minimum Gasteiger partial charge on any atom is -0.399 e. The van der Waals surface area contributed by atoms with Gasteiger partial charge in [0.25, 0.3) is 5.91 Å². The lowest BCUT2D eigenvalue weighted by atomic mass is 10.2. The zero-order chi connectivity index (χ0) is 15.7. The van der Waals surface area contributed by atoms with Crippen molar-refractivity contribution < 1.29 is 4.79 Å². The third-order valence-electron chi connectivity index (χ3n) is 2.78. The van der Waals surface area contributed by atoms with E-state index in [0.717, 1.165) is 25.8 Å². The summed E-state index contributed by atoms with van der Waals surface area (Å²) in [6, 6.07) is 6.62. The standard InChI is InChI=1S/C15H19ClN4O/c1-2-3-4-7-19-10-11(9-17)15(21)20-14-6-5-12(18)8-13(14)16/h5-6,8,10,19H,2-4,7,18H2,1H3,(H,20,21)/b11-10-. The number of carbonyl (C=O) groups is 1. The zero-order valence-electron chi connectivity index (χ0n) is 11.9. The number of nitrogen functional groups attached to an aromatic ring is 1. The third kappa shape index (κ3) is 5.76. The number of benzene rings is 1. The molecular formula is C15H19ClN4O. The van der Waals surface area contributed by atoms with Gasteiger partial charge in [-0.05, 0) is 24.6 Å². The van der Waals surface area contributed by atoms with E-state index in [2.05, 4.69) is 17.6 Å². The van der Waals surface area contributed by atoms with Crippen molar-refractivity contribution in [3.05, 3.63) is 35.0 Å². The highest BCUT2D eigenvalue weighted by Gasteiger charge is 2.11. The SMILES string of the molecule is CCCCCN/C=C(/C#N)C(=O)Nc1ccc(N)cc1Cl. The van der Waals surface area contributed by atoms with Crippen molar-refractivity contribution in [1.82, 2.24) is 5.32 Å². The van der Waals surface area contributed by atoms with Crippen molar-refractivity contribution >= 4 is 28.9 Å². The van der Waals surface area contributed by atoms with Crippen molar-refractivity contribution in [2.75, 3.05) is 17.6 Å². The van der Waals surface area contributed by atoms with E-state index in [1.54, 1.807) is 12.1 Å². The second-order valence-electron chi connectivity index (χ2n) is 4.52. The fourth-order valence-electron chi connectivity index (χ4n) is 1.62. The normalized spacial score (nSPS) is 10.8. The van der Waals surface area contributed by atoms with Crippen LogP contribution in [0.5, 0.6) is 0 Å². The number of rotatable bonds is 7. The highest BCUT2D eigenvalue weighted by atomic mass is 35.5. The first-order valence-corrected chi connectivity index (χ1v) is 7.16. The topological polar surface area (TPSA) is 90.9 Å². The molecule has 1 amide bonds. The van der Waals surface area contributed by atoms with Gasteiger partial charge in [0.2, 0.25) is 0 Å². The first kappa shape index (κ1) is 16.9. The van der Waals surface area contributed by atoms with Crippen LogP contribution in [-0.2, 0) is 4.79 Å². The Morgan fingerprint density at radius 2 is 2.24 bits per heavy atom. The Labute approximate surface area is 129 Å². The van der Waals surface area contributed by atoms with Crippen molar-refractivity contribution in [3.8, 4) is 6.07 Å². The predicted molar refractivity (Wildman–Crippen MR) is 85.7 cm³/mol. The molecule has 21 heavy (non-hydrogen) atoms. The third-order valence-corrected chi connectivity index (χ3v) is 3.09. The Morgan fingerprint density at radius 1 is 1.48 bits per heavy atom. The van der Waals surface area contributed by atoms with Gasteiger partial charge in [0, 0.05) is 18.4 Å². The maximum atomic E-state index is 12.0. The molecule has 6 heteroatoms. The quantitative estimate of drug-likeness (QED) is 0.312. The largest absolute Gasteiger partial charge is 0.399 e. The molecule has 0 radical (unpaired) electrons. The van der Waals surface area contributed by atoms with Crippen LogP contribution in [-0.4, -0.2) is 12.5 Å². The molecule has 1 aromatic carbocycles. The summed E-state index contributed by atoms with van der Waals surface area (Å²) in [5, 5.41) is 14.9. The zero-order valence-corrected chi connectivity index (χ0v) is 12.7. The number of carbonyl (C=O) groups excluding carboxylic acids is 1. The number of hydrogen-bond acceptors (Lipinski definition) is 4. The Bertz CT molecular complexity index is 563. The van der Waals surface area contributed by atoms with E-state index in [1.165, 1.54) is 12.3 Å². The molecule has 1 aromatic rings. The van der Waals surface area contributed by atoms with Gasteiger partial charge in [0.05, 0.1) is 10.7 Å². The number of hydrogen-bond donors (Lipinski definition) is 3. The maximum Gasteiger partial charge on any atom is 0.267 e. The molecule has 0 unspecified atom stereocenters. The van der Waals surface area contributed by atoms with Gasteiger partial charge in [-0.25, -0.2) is 0 Å². The summed E-state index contributed by atoms with van der Waals surface area (Å²) in [7, 11) is 0. The Balaban J connectivity index is 2.63. The molecule has 0 spiro atoms. The highest BCUT2D eigenvalue weighted by molar-refractivity contribution is 6.34. The van der Waals surface area contributed by atoms with Gasteiger partial charge in [0.15, 0.2) is 0 Å². The number of nitrogens with two attached hydrogens (primary N) is 1. The van der Waals surface area contributed by atoms with Crippen LogP contribution >= 0.6 is 11.6 Å². The summed E-state index contributed by atoms with van der Waals surface area (Å²) in [4.78, 5) is 12.0. The number of unbranched alkanes of at least 4 members (excludes halogenated alkanes) is 2. The second-order valence-corrected chi connectivity index (χ2v) is 4.93. The van der Waals surface area contributed by atoms with Crippen LogP contribution in [0.3, 0.4) is 0 Å². The molecule has 1 rings (SSSR count). The average molecular weight is 307 g/mol. The van der Waals surface area contributed by atoms with Gasteiger partial charge >= 0.3 is 0 Å². The Morgan fingerprint density at radius 3 is 2.86 bits per heavy atom. The van der Waals surface area contributed by atoms with Crippen LogP contribution in [0.1, 0.15) is 26.2 Å². The molecule has 0 atom stereocenters. The number of halogens is 1. The fourth-order valence-corrected chi connectivity index (χ4v) is 1.86. The Hall–Kier alpha value is -2.19. The van der Waals surface area contributed by atoms with E-state index in [4.69, 9.17) is 22.6 Å². The van der Waals surface area contributed by atoms with Gasteiger partial charge in [-0.3, -0.25) is 4.79 Å². The van der Waals surface area contributed by atoms with Crippen LogP contribution in [0.2, 0.25) is 5.02 Å². The van der Waals surface area contributed by atoms with E-state index >= 15 is 0 Å². The van der Waals surface area contributed by atoms with Gasteiger partial charge in [0.1, 0.15) is 11.6 Å². The van der Waals surface area contributed by atoms with Crippen LogP contribution < -0.4 is 16.4 Å². The first-order valence-electron chi connectivity index (χ1n) is 6.78. The summed E-state index contributed by atoms with van der Waals surface area (Å²) in [5.41, 5.74) is 6.50. The van der Waals surface area contributed by atoms with Crippen LogP contribution in [0.25, 0.3) is 0 Å². The molecule has 0 saturated heterocycles. The number of nitrogens with zero attached hydrogens (tertiary/aromatic N) is 1. The maximum absolute atomic E-state index is 12.0. The molecule has 0 aliphatic heterocycles. The summed E-state index contributed by atoms with van der Waals surface area (Å²) in [5.74, 6) is -0.507. The van der Waals surface area contributed by atoms with E-state index in [9.17, 15) is 4.79 Å². The molecule has 0 fully saturated rings. The van der Waals surface area contributed by atoms with Crippen molar-refractivity contribution in [2.45, 2.75) is 26.2 Å². The van der Waals surface area contributed by atoms with Crippen molar-refractivity contribution in [3.63, 3.8) is 0 Å². The second kappa shape index (κ2) is 8.88. The summed E-state index contributed by atoms with van der Waals surface area (Å²) < 4.78 is 0. The molecular weight excluding hydrogens is 288 g/mol. The number of nitriles is 1. The molecule has 5 nitrogen and oxygen atoms in total. The van der Waals surface area contributed by atoms with Gasteiger partial charge in [-0.1, -0.05) is 31.4 Å². The monoisotopic (exact) mass is 306 g/mol. The molecule has 0 aromatic heterocycles. The lowest BCUT2D eigenvalue weighted by Gasteiger charge is -2.07. The predicted octanol–water partition coefficient (Wildman–Crippen LogP) is 3.05. The number of amides is 1. The molecule has 4 N–H and O–H groups in total. The lowest BCUT2D eigenvalue weighted by Crippen LogP contribution is -2.17. The van der Waals surface area contributed by atoms with E-state index in [0.29, 0.717) is 16.4 Å². The van der Waals surface area contributed by atoms with Gasteiger partial charge < -0.3 is 16.4 Å². The Kier molecular flexibility index (Phi) is 7.13. The van der Waals surface area contributed by atoms with E-state index in [1.807, 2.05) is 6.07 Å². The summed E-state index contributed by atoms with van der Waals surface area (Å²) >= 11 is 5.97. The van der Waals surface area contributed by atoms with Crippen LogP contribution in [0.15, 0.2) is 30.0 Å². The first-order chi connectivity index (χ1) is 10.1. The number of anilines is 2. The number of nitrogens with one attached hydrogen (secondary N) is 2. The molecule has 0 aliphatic rings. The average Bonchev–Trinajstić information content (AvgIpc) is 2.45. The molecule has 0 saturated carbocycles. The smallest absolute Gasteiger partial charge is 0.267 e. The minimum atomic E-state index is -0.507. The van der Waals surface area contributed by atoms with Crippen LogP contribution in [0, 0.1) is 11.3 Å². The molecule has 0 heterocycles. The molecule has 0 bridgehead atoms. The molecule has 112 valence electrons. The summed E-state index contributed by atoms with van der Waals surface area (Å²) in [6.45, 7) is 2.84. The van der Waals surface area contributed by atoms with Crippen molar-refractivity contribution in [2.24, 2.45) is 0 Å². The summed E-state index contributed by atoms with van der Waals surface area (Å²) in [6.07, 6.45) is 4.65. The fraction of sp³-hybridized carbons (Fsp3) is 0.333. The van der Waals surface area contributed by atoms with Crippen LogP contribution in [0.4, 0.5) is 11.4 Å². The lowest BCUT2D eigenvalue weighted by molar-refractivity contribution is -0.112. The van der Waals surface area contributed by atoms with Gasteiger partial charge in [-0.2, -0.15) is 5.26 Å². The van der Waals surface area contributed by atoms with E-state index in [-0.39, 0.29) is 5.57 Å². The van der Waals surface area contributed by atoms with Crippen molar-refractivity contribution in [1.29, 1.82) is 5.26 Å². The van der Waals surface area contributed by atoms with E-state index < -0.39 is 5.91 Å². The minimum absolute atomic E-state index is 0.000565.